The molecule has 20 heavy (non-hydrogen) atoms. The quantitative estimate of drug-likeness (QED) is 0.871. The van der Waals surface area contributed by atoms with Crippen molar-refractivity contribution in [3.05, 3.63) is 40.3 Å². The predicted molar refractivity (Wildman–Crippen MR) is 80.0 cm³/mol. The van der Waals surface area contributed by atoms with Crippen molar-refractivity contribution in [2.45, 2.75) is 38.8 Å². The van der Waals surface area contributed by atoms with Crippen molar-refractivity contribution in [1.29, 1.82) is 0 Å². The van der Waals surface area contributed by atoms with Crippen LogP contribution in [0.2, 0.25) is 0 Å². The Morgan fingerprint density at radius 2 is 2.40 bits per heavy atom. The Bertz CT molecular complexity index is 576. The van der Waals surface area contributed by atoms with Crippen molar-refractivity contribution in [2.24, 2.45) is 0 Å². The van der Waals surface area contributed by atoms with E-state index in [1.165, 1.54) is 6.42 Å². The van der Waals surface area contributed by atoms with Gasteiger partial charge < -0.3 is 4.90 Å². The van der Waals surface area contributed by atoms with Gasteiger partial charge in [0.25, 0.3) is 5.91 Å². The molecule has 2 aromatic rings. The van der Waals surface area contributed by atoms with E-state index in [1.807, 2.05) is 40.2 Å². The number of piperidine rings is 1. The van der Waals surface area contributed by atoms with Gasteiger partial charge in [-0.25, -0.2) is 0 Å². The third-order valence-corrected chi connectivity index (χ3v) is 4.91. The normalized spacial score (nSPS) is 19.2. The summed E-state index contributed by atoms with van der Waals surface area (Å²) in [5.41, 5.74) is 1.09. The van der Waals surface area contributed by atoms with Crippen LogP contribution in [0.3, 0.4) is 0 Å². The molecule has 0 spiro atoms. The largest absolute Gasteiger partial charge is 0.333 e. The Balaban J connectivity index is 1.78. The molecule has 3 rings (SSSR count). The van der Waals surface area contributed by atoms with E-state index in [-0.39, 0.29) is 11.9 Å². The molecule has 5 heteroatoms. The number of nitrogens with zero attached hydrogens (tertiary/aromatic N) is 3. The first-order valence-electron chi connectivity index (χ1n) is 7.08. The minimum absolute atomic E-state index is 0.189. The number of hydrogen-bond donors (Lipinski definition) is 0. The lowest BCUT2D eigenvalue weighted by Crippen LogP contribution is -2.45. The van der Waals surface area contributed by atoms with Gasteiger partial charge in [-0.1, -0.05) is 0 Å². The van der Waals surface area contributed by atoms with Crippen LogP contribution in [0, 0.1) is 6.92 Å². The number of rotatable bonds is 3. The molecule has 0 radical (unpaired) electrons. The van der Waals surface area contributed by atoms with Crippen molar-refractivity contribution < 1.29 is 4.79 Å². The molecule has 3 heterocycles. The van der Waals surface area contributed by atoms with Gasteiger partial charge in [0.2, 0.25) is 0 Å². The summed E-state index contributed by atoms with van der Waals surface area (Å²) in [6, 6.07) is 4.21. The van der Waals surface area contributed by atoms with Crippen molar-refractivity contribution in [3.63, 3.8) is 0 Å². The number of thiophene rings is 1. The van der Waals surface area contributed by atoms with Crippen LogP contribution in [0.25, 0.3) is 0 Å². The first kappa shape index (κ1) is 13.4. The molecule has 1 atom stereocenters. The first-order chi connectivity index (χ1) is 9.75. The Labute approximate surface area is 123 Å². The highest BCUT2D eigenvalue weighted by Crippen LogP contribution is 2.24. The highest BCUT2D eigenvalue weighted by Gasteiger charge is 2.29. The van der Waals surface area contributed by atoms with Crippen molar-refractivity contribution in [3.8, 4) is 0 Å². The average molecular weight is 289 g/mol. The van der Waals surface area contributed by atoms with E-state index in [0.29, 0.717) is 0 Å². The van der Waals surface area contributed by atoms with Crippen LogP contribution in [0.1, 0.15) is 34.5 Å². The van der Waals surface area contributed by atoms with Crippen LogP contribution in [0.5, 0.6) is 0 Å². The lowest BCUT2D eigenvalue weighted by atomic mass is 10.0. The standard InChI is InChI=1S/C15H19N3OS/c1-12-6-10-20-14(12)15(19)18-9-3-2-5-13(18)11-17-8-4-7-16-17/h4,6-8,10,13H,2-3,5,9,11H2,1H3/t13-/m1/s1. The smallest absolute Gasteiger partial charge is 0.264 e. The van der Waals surface area contributed by atoms with Crippen molar-refractivity contribution in [1.82, 2.24) is 14.7 Å². The monoisotopic (exact) mass is 289 g/mol. The third kappa shape index (κ3) is 2.63. The lowest BCUT2D eigenvalue weighted by molar-refractivity contribution is 0.0588. The minimum atomic E-state index is 0.189. The number of aryl methyl sites for hydroxylation is 1. The molecule has 106 valence electrons. The topological polar surface area (TPSA) is 38.1 Å². The summed E-state index contributed by atoms with van der Waals surface area (Å²) in [6.45, 7) is 3.67. The summed E-state index contributed by atoms with van der Waals surface area (Å²) < 4.78 is 1.93. The molecule has 4 nitrogen and oxygen atoms in total. The summed E-state index contributed by atoms with van der Waals surface area (Å²) in [6.07, 6.45) is 7.12. The molecular formula is C15H19N3OS. The third-order valence-electron chi connectivity index (χ3n) is 3.90. The Hall–Kier alpha value is -1.62. The van der Waals surface area contributed by atoms with E-state index >= 15 is 0 Å². The van der Waals surface area contributed by atoms with Crippen LogP contribution in [0.4, 0.5) is 0 Å². The summed E-state index contributed by atoms with van der Waals surface area (Å²) in [7, 11) is 0. The van der Waals surface area contributed by atoms with Crippen LogP contribution in [-0.4, -0.2) is 33.2 Å². The van der Waals surface area contributed by atoms with Gasteiger partial charge in [0.15, 0.2) is 0 Å². The van der Waals surface area contributed by atoms with Crippen molar-refractivity contribution in [2.75, 3.05) is 6.54 Å². The fourth-order valence-electron chi connectivity index (χ4n) is 2.80. The van der Waals surface area contributed by atoms with Gasteiger partial charge in [-0.15, -0.1) is 11.3 Å². The second-order valence-electron chi connectivity index (χ2n) is 5.31. The maximum Gasteiger partial charge on any atom is 0.264 e. The van der Waals surface area contributed by atoms with E-state index in [0.717, 1.165) is 36.4 Å². The molecule has 1 aliphatic rings. The number of hydrogen-bond acceptors (Lipinski definition) is 3. The molecule has 0 aromatic carbocycles. The zero-order chi connectivity index (χ0) is 13.9. The molecule has 1 saturated heterocycles. The van der Waals surface area contributed by atoms with E-state index in [9.17, 15) is 4.79 Å². The molecule has 1 amide bonds. The summed E-state index contributed by atoms with van der Waals surface area (Å²) >= 11 is 1.55. The predicted octanol–water partition coefficient (Wildman–Crippen LogP) is 2.95. The molecule has 1 fully saturated rings. The zero-order valence-electron chi connectivity index (χ0n) is 11.7. The van der Waals surface area contributed by atoms with Gasteiger partial charge in [-0.3, -0.25) is 9.48 Å². The van der Waals surface area contributed by atoms with Gasteiger partial charge in [0.1, 0.15) is 0 Å². The van der Waals surface area contributed by atoms with Crippen LogP contribution in [0.15, 0.2) is 29.9 Å². The second kappa shape index (κ2) is 5.79. The van der Waals surface area contributed by atoms with Gasteiger partial charge in [-0.05, 0) is 49.3 Å². The molecular weight excluding hydrogens is 270 g/mol. The van der Waals surface area contributed by atoms with Crippen LogP contribution in [-0.2, 0) is 6.54 Å². The molecule has 0 aliphatic carbocycles. The highest BCUT2D eigenvalue weighted by molar-refractivity contribution is 7.12. The minimum Gasteiger partial charge on any atom is -0.333 e. The summed E-state index contributed by atoms with van der Waals surface area (Å²) in [5.74, 6) is 0.189. The molecule has 0 bridgehead atoms. The van der Waals surface area contributed by atoms with E-state index < -0.39 is 0 Å². The lowest BCUT2D eigenvalue weighted by Gasteiger charge is -2.35. The molecule has 0 saturated carbocycles. The SMILES string of the molecule is Cc1ccsc1C(=O)N1CCCC[C@@H]1Cn1cccn1. The number of carbonyl (C=O) groups is 1. The molecule has 1 aliphatic heterocycles. The van der Waals surface area contributed by atoms with Gasteiger partial charge in [0, 0.05) is 18.9 Å². The molecule has 2 aromatic heterocycles. The number of aromatic nitrogens is 2. The molecule has 0 unspecified atom stereocenters. The van der Waals surface area contributed by atoms with Crippen LogP contribution >= 0.6 is 11.3 Å². The average Bonchev–Trinajstić information content (AvgIpc) is 3.10. The zero-order valence-corrected chi connectivity index (χ0v) is 12.5. The number of amides is 1. The Kier molecular flexibility index (Phi) is 3.87. The van der Waals surface area contributed by atoms with Crippen LogP contribution < -0.4 is 0 Å². The Morgan fingerprint density at radius 3 is 3.10 bits per heavy atom. The van der Waals surface area contributed by atoms with Gasteiger partial charge >= 0.3 is 0 Å². The maximum atomic E-state index is 12.7. The second-order valence-corrected chi connectivity index (χ2v) is 6.23. The number of carbonyl (C=O) groups excluding carboxylic acids is 1. The van der Waals surface area contributed by atoms with E-state index in [1.54, 1.807) is 17.5 Å². The van der Waals surface area contributed by atoms with Gasteiger partial charge in [-0.2, -0.15) is 5.10 Å². The Morgan fingerprint density at radius 1 is 1.50 bits per heavy atom. The van der Waals surface area contributed by atoms with Crippen molar-refractivity contribution >= 4 is 17.2 Å². The summed E-state index contributed by atoms with van der Waals surface area (Å²) in [4.78, 5) is 15.7. The fourth-order valence-corrected chi connectivity index (χ4v) is 3.68. The van der Waals surface area contributed by atoms with Gasteiger partial charge in [0.05, 0.1) is 17.5 Å². The first-order valence-corrected chi connectivity index (χ1v) is 7.96. The number of likely N-dealkylation sites (tertiary alicyclic amines) is 1. The van der Waals surface area contributed by atoms with E-state index in [2.05, 4.69) is 5.10 Å². The van der Waals surface area contributed by atoms with E-state index in [4.69, 9.17) is 0 Å². The highest BCUT2D eigenvalue weighted by atomic mass is 32.1. The fraction of sp³-hybridized carbons (Fsp3) is 0.467. The summed E-state index contributed by atoms with van der Waals surface area (Å²) in [5, 5.41) is 6.26. The molecule has 0 N–H and O–H groups in total. The maximum absolute atomic E-state index is 12.7.